The molecule has 2 heteroatoms. The molecule has 1 heterocycles. The van der Waals surface area contributed by atoms with Crippen molar-refractivity contribution in [2.45, 2.75) is 25.7 Å². The number of benzene rings is 2. The van der Waals surface area contributed by atoms with Crippen LogP contribution in [0, 0.1) is 13.8 Å². The molecular formula is C18H20BrN. The molecule has 0 aromatic heterocycles. The zero-order valence-corrected chi connectivity index (χ0v) is 13.6. The average molecular weight is 330 g/mol. The molecule has 0 unspecified atom stereocenters. The molecule has 1 aliphatic heterocycles. The van der Waals surface area contributed by atoms with Crippen molar-refractivity contribution in [2.75, 3.05) is 13.1 Å². The van der Waals surface area contributed by atoms with Gasteiger partial charge in [0, 0.05) is 23.0 Å². The molecule has 1 fully saturated rings. The largest absolute Gasteiger partial charge is 0.315 e. The first-order valence-corrected chi connectivity index (χ1v) is 7.92. The third-order valence-electron chi connectivity index (χ3n) is 4.54. The highest BCUT2D eigenvalue weighted by atomic mass is 79.9. The number of nitrogens with one attached hydrogen (secondary N) is 1. The SMILES string of the molecule is Cc1cccc(C)c1CC1(c2ccc(Br)cc2)CNC1. The van der Waals surface area contributed by atoms with Gasteiger partial charge in [-0.25, -0.2) is 0 Å². The Bertz CT molecular complexity index is 592. The second-order valence-corrected chi connectivity index (χ2v) is 6.85. The summed E-state index contributed by atoms with van der Waals surface area (Å²) in [6.45, 7) is 6.60. The summed E-state index contributed by atoms with van der Waals surface area (Å²) < 4.78 is 1.15. The Labute approximate surface area is 129 Å². The first kappa shape index (κ1) is 13.8. The van der Waals surface area contributed by atoms with E-state index in [9.17, 15) is 0 Å². The zero-order valence-electron chi connectivity index (χ0n) is 12.0. The van der Waals surface area contributed by atoms with E-state index in [4.69, 9.17) is 0 Å². The van der Waals surface area contributed by atoms with E-state index in [0.717, 1.165) is 24.0 Å². The summed E-state index contributed by atoms with van der Waals surface area (Å²) in [6, 6.07) is 15.4. The Morgan fingerprint density at radius 1 is 1.00 bits per heavy atom. The molecule has 0 spiro atoms. The quantitative estimate of drug-likeness (QED) is 0.891. The van der Waals surface area contributed by atoms with Crippen molar-refractivity contribution in [1.82, 2.24) is 5.32 Å². The van der Waals surface area contributed by atoms with Crippen molar-refractivity contribution in [1.29, 1.82) is 0 Å². The van der Waals surface area contributed by atoms with E-state index in [1.807, 2.05) is 0 Å². The van der Waals surface area contributed by atoms with Crippen molar-refractivity contribution in [2.24, 2.45) is 0 Å². The lowest BCUT2D eigenvalue weighted by Gasteiger charge is -2.44. The fraction of sp³-hybridized carbons (Fsp3) is 0.333. The molecule has 20 heavy (non-hydrogen) atoms. The molecule has 1 saturated heterocycles. The Morgan fingerprint density at radius 2 is 1.60 bits per heavy atom. The van der Waals surface area contributed by atoms with Gasteiger partial charge in [0.25, 0.3) is 0 Å². The zero-order chi connectivity index (χ0) is 14.2. The molecule has 2 aromatic carbocycles. The smallest absolute Gasteiger partial charge is 0.0243 e. The Morgan fingerprint density at radius 3 is 2.10 bits per heavy atom. The van der Waals surface area contributed by atoms with Crippen LogP contribution in [0.3, 0.4) is 0 Å². The molecule has 0 radical (unpaired) electrons. The van der Waals surface area contributed by atoms with Crippen LogP contribution in [0.1, 0.15) is 22.3 Å². The van der Waals surface area contributed by atoms with Gasteiger partial charge in [-0.05, 0) is 54.7 Å². The molecule has 0 bridgehead atoms. The predicted molar refractivity (Wildman–Crippen MR) is 88.3 cm³/mol. The van der Waals surface area contributed by atoms with Crippen LogP contribution < -0.4 is 5.32 Å². The van der Waals surface area contributed by atoms with Crippen LogP contribution in [0.5, 0.6) is 0 Å². The van der Waals surface area contributed by atoms with Crippen LogP contribution in [0.25, 0.3) is 0 Å². The minimum atomic E-state index is 0.261. The van der Waals surface area contributed by atoms with E-state index in [0.29, 0.717) is 0 Å². The lowest BCUT2D eigenvalue weighted by atomic mass is 9.70. The maximum absolute atomic E-state index is 3.53. The van der Waals surface area contributed by atoms with E-state index in [1.54, 1.807) is 0 Å². The number of hydrogen-bond acceptors (Lipinski definition) is 1. The van der Waals surface area contributed by atoms with E-state index >= 15 is 0 Å². The molecule has 0 amide bonds. The van der Waals surface area contributed by atoms with Crippen LogP contribution >= 0.6 is 15.9 Å². The molecule has 0 saturated carbocycles. The van der Waals surface area contributed by atoms with Gasteiger partial charge in [-0.1, -0.05) is 46.3 Å². The third kappa shape index (κ3) is 2.43. The number of rotatable bonds is 3. The highest BCUT2D eigenvalue weighted by molar-refractivity contribution is 9.10. The number of halogens is 1. The molecule has 0 aliphatic carbocycles. The predicted octanol–water partition coefficient (Wildman–Crippen LogP) is 4.15. The van der Waals surface area contributed by atoms with Gasteiger partial charge < -0.3 is 5.32 Å². The summed E-state index contributed by atoms with van der Waals surface area (Å²) in [5, 5.41) is 3.46. The van der Waals surface area contributed by atoms with Crippen molar-refractivity contribution in [3.05, 3.63) is 69.2 Å². The number of aryl methyl sites for hydroxylation is 2. The molecule has 2 aromatic rings. The van der Waals surface area contributed by atoms with Crippen molar-refractivity contribution < 1.29 is 0 Å². The van der Waals surface area contributed by atoms with Crippen LogP contribution in [0.2, 0.25) is 0 Å². The first-order chi connectivity index (χ1) is 9.61. The van der Waals surface area contributed by atoms with Gasteiger partial charge in [0.15, 0.2) is 0 Å². The first-order valence-electron chi connectivity index (χ1n) is 7.13. The Kier molecular flexibility index (Phi) is 3.70. The monoisotopic (exact) mass is 329 g/mol. The van der Waals surface area contributed by atoms with Gasteiger partial charge in [0.1, 0.15) is 0 Å². The van der Waals surface area contributed by atoms with E-state index in [2.05, 4.69) is 77.6 Å². The fourth-order valence-corrected chi connectivity index (χ4v) is 3.39. The second kappa shape index (κ2) is 5.34. The molecule has 1 N–H and O–H groups in total. The van der Waals surface area contributed by atoms with Gasteiger partial charge in [-0.15, -0.1) is 0 Å². The standard InChI is InChI=1S/C18H20BrN/c1-13-4-3-5-14(2)17(13)10-18(11-20-12-18)15-6-8-16(19)9-7-15/h3-9,20H,10-12H2,1-2H3. The normalized spacial score (nSPS) is 16.8. The molecule has 104 valence electrons. The van der Waals surface area contributed by atoms with Gasteiger partial charge >= 0.3 is 0 Å². The summed E-state index contributed by atoms with van der Waals surface area (Å²) in [6.07, 6.45) is 1.13. The average Bonchev–Trinajstić information content (AvgIpc) is 2.38. The van der Waals surface area contributed by atoms with E-state index in [1.165, 1.54) is 22.3 Å². The summed E-state index contributed by atoms with van der Waals surface area (Å²) in [5.74, 6) is 0. The molecule has 1 aliphatic rings. The minimum Gasteiger partial charge on any atom is -0.315 e. The van der Waals surface area contributed by atoms with Crippen LogP contribution in [-0.2, 0) is 11.8 Å². The summed E-state index contributed by atoms with van der Waals surface area (Å²) in [7, 11) is 0. The van der Waals surface area contributed by atoms with Gasteiger partial charge in [0.05, 0.1) is 0 Å². The molecule has 3 rings (SSSR count). The summed E-state index contributed by atoms with van der Waals surface area (Å²) in [4.78, 5) is 0. The van der Waals surface area contributed by atoms with Crippen molar-refractivity contribution in [3.8, 4) is 0 Å². The van der Waals surface area contributed by atoms with E-state index in [-0.39, 0.29) is 5.41 Å². The third-order valence-corrected chi connectivity index (χ3v) is 5.07. The summed E-state index contributed by atoms with van der Waals surface area (Å²) in [5.41, 5.74) is 6.04. The Hall–Kier alpha value is -1.12. The van der Waals surface area contributed by atoms with E-state index < -0.39 is 0 Å². The van der Waals surface area contributed by atoms with Gasteiger partial charge in [-0.2, -0.15) is 0 Å². The van der Waals surface area contributed by atoms with Crippen molar-refractivity contribution in [3.63, 3.8) is 0 Å². The second-order valence-electron chi connectivity index (χ2n) is 5.94. The Balaban J connectivity index is 1.96. The number of hydrogen-bond donors (Lipinski definition) is 1. The maximum atomic E-state index is 3.53. The lowest BCUT2D eigenvalue weighted by Crippen LogP contribution is -2.58. The fourth-order valence-electron chi connectivity index (χ4n) is 3.13. The minimum absolute atomic E-state index is 0.261. The van der Waals surface area contributed by atoms with Crippen LogP contribution in [0.15, 0.2) is 46.9 Å². The summed E-state index contributed by atoms with van der Waals surface area (Å²) >= 11 is 3.53. The van der Waals surface area contributed by atoms with Gasteiger partial charge in [-0.3, -0.25) is 0 Å². The van der Waals surface area contributed by atoms with Gasteiger partial charge in [0.2, 0.25) is 0 Å². The highest BCUT2D eigenvalue weighted by Gasteiger charge is 2.39. The molecule has 1 nitrogen and oxygen atoms in total. The molecule has 0 atom stereocenters. The van der Waals surface area contributed by atoms with Crippen LogP contribution in [-0.4, -0.2) is 13.1 Å². The maximum Gasteiger partial charge on any atom is 0.0243 e. The van der Waals surface area contributed by atoms with Crippen molar-refractivity contribution >= 4 is 15.9 Å². The lowest BCUT2D eigenvalue weighted by molar-refractivity contribution is 0.274. The topological polar surface area (TPSA) is 12.0 Å². The van der Waals surface area contributed by atoms with Crippen LogP contribution in [0.4, 0.5) is 0 Å². The highest BCUT2D eigenvalue weighted by Crippen LogP contribution is 2.34. The molecular weight excluding hydrogens is 310 g/mol.